The molecule has 8 heteroatoms. The predicted octanol–water partition coefficient (Wildman–Crippen LogP) is 5.53. The van der Waals surface area contributed by atoms with E-state index in [2.05, 4.69) is 10.6 Å². The monoisotopic (exact) mass is 489 g/mol. The first-order valence-electron chi connectivity index (χ1n) is 10.7. The summed E-state index contributed by atoms with van der Waals surface area (Å²) in [6, 6.07) is 18.9. The lowest BCUT2D eigenvalue weighted by Gasteiger charge is -2.12. The van der Waals surface area contributed by atoms with Crippen molar-refractivity contribution in [1.29, 1.82) is 5.26 Å². The Morgan fingerprint density at radius 2 is 1.69 bits per heavy atom. The second-order valence-corrected chi connectivity index (χ2v) is 8.11. The number of nitriles is 1. The fourth-order valence-electron chi connectivity index (χ4n) is 3.10. The van der Waals surface area contributed by atoms with Crippen LogP contribution < -0.4 is 20.1 Å². The first kappa shape index (κ1) is 25.3. The van der Waals surface area contributed by atoms with Crippen LogP contribution in [0.3, 0.4) is 0 Å². The van der Waals surface area contributed by atoms with Crippen molar-refractivity contribution in [1.82, 2.24) is 0 Å². The molecule has 0 bridgehead atoms. The van der Waals surface area contributed by atoms with Gasteiger partial charge in [-0.25, -0.2) is 0 Å². The number of halogens is 1. The van der Waals surface area contributed by atoms with Gasteiger partial charge in [-0.2, -0.15) is 5.26 Å². The van der Waals surface area contributed by atoms with Gasteiger partial charge in [-0.05, 0) is 85.6 Å². The van der Waals surface area contributed by atoms with Crippen LogP contribution in [0.25, 0.3) is 6.08 Å². The quantitative estimate of drug-likeness (QED) is 0.320. The van der Waals surface area contributed by atoms with Crippen LogP contribution in [-0.2, 0) is 9.59 Å². The molecule has 0 aliphatic rings. The fourth-order valence-corrected chi connectivity index (χ4v) is 3.28. The van der Waals surface area contributed by atoms with Crippen LogP contribution in [0.15, 0.2) is 66.2 Å². The molecule has 0 radical (unpaired) electrons. The van der Waals surface area contributed by atoms with Crippen LogP contribution in [0, 0.1) is 25.2 Å². The lowest BCUT2D eigenvalue weighted by molar-refractivity contribution is -0.118. The molecule has 3 aromatic rings. The molecule has 0 spiro atoms. The third-order valence-corrected chi connectivity index (χ3v) is 5.37. The Labute approximate surface area is 208 Å². The Balaban J connectivity index is 1.73. The largest absolute Gasteiger partial charge is 0.497 e. The first-order valence-corrected chi connectivity index (χ1v) is 11.0. The lowest BCUT2D eigenvalue weighted by atomic mass is 10.1. The average molecular weight is 490 g/mol. The second-order valence-electron chi connectivity index (χ2n) is 7.67. The van der Waals surface area contributed by atoms with Crippen LogP contribution in [0.4, 0.5) is 11.4 Å². The summed E-state index contributed by atoms with van der Waals surface area (Å²) >= 11 is 6.12. The van der Waals surface area contributed by atoms with E-state index < -0.39 is 5.91 Å². The van der Waals surface area contributed by atoms with Crippen molar-refractivity contribution >= 4 is 40.9 Å². The molecule has 0 saturated heterocycles. The van der Waals surface area contributed by atoms with Crippen LogP contribution in [0.1, 0.15) is 16.7 Å². The molecule has 2 N–H and O–H groups in total. The molecule has 178 valence electrons. The zero-order chi connectivity index (χ0) is 25.4. The van der Waals surface area contributed by atoms with Gasteiger partial charge in [-0.15, -0.1) is 0 Å². The van der Waals surface area contributed by atoms with Gasteiger partial charge < -0.3 is 20.1 Å². The maximum absolute atomic E-state index is 12.6. The van der Waals surface area contributed by atoms with Crippen LogP contribution in [0.2, 0.25) is 5.02 Å². The average Bonchev–Trinajstić information content (AvgIpc) is 2.84. The van der Waals surface area contributed by atoms with Gasteiger partial charge in [0, 0.05) is 22.0 Å². The molecule has 2 amide bonds. The molecule has 0 atom stereocenters. The summed E-state index contributed by atoms with van der Waals surface area (Å²) in [7, 11) is 1.54. The van der Waals surface area contributed by atoms with Gasteiger partial charge in [0.05, 0.1) is 7.11 Å². The Morgan fingerprint density at radius 1 is 0.971 bits per heavy atom. The molecular weight excluding hydrogens is 466 g/mol. The Bertz CT molecular complexity index is 1310. The van der Waals surface area contributed by atoms with E-state index in [0.29, 0.717) is 33.5 Å². The van der Waals surface area contributed by atoms with E-state index in [1.807, 2.05) is 38.1 Å². The number of rotatable bonds is 8. The van der Waals surface area contributed by atoms with Gasteiger partial charge in [0.2, 0.25) is 0 Å². The number of hydrogen-bond acceptors (Lipinski definition) is 5. The highest BCUT2D eigenvalue weighted by molar-refractivity contribution is 6.30. The van der Waals surface area contributed by atoms with Crippen LogP contribution in [0.5, 0.6) is 11.5 Å². The van der Waals surface area contributed by atoms with E-state index in [0.717, 1.165) is 11.1 Å². The Kier molecular flexibility index (Phi) is 8.49. The maximum atomic E-state index is 12.6. The Hall–Kier alpha value is -4.28. The van der Waals surface area contributed by atoms with E-state index in [-0.39, 0.29) is 18.1 Å². The summed E-state index contributed by atoms with van der Waals surface area (Å²) in [6.45, 7) is 3.69. The number of benzene rings is 3. The van der Waals surface area contributed by atoms with Gasteiger partial charge in [-0.3, -0.25) is 9.59 Å². The van der Waals surface area contributed by atoms with Crippen molar-refractivity contribution < 1.29 is 19.1 Å². The van der Waals surface area contributed by atoms with Crippen molar-refractivity contribution in [2.24, 2.45) is 0 Å². The number of hydrogen-bond donors (Lipinski definition) is 2. The number of methoxy groups -OCH3 is 1. The van der Waals surface area contributed by atoms with Crippen molar-refractivity contribution in [2.75, 3.05) is 24.4 Å². The highest BCUT2D eigenvalue weighted by atomic mass is 35.5. The zero-order valence-electron chi connectivity index (χ0n) is 19.5. The van der Waals surface area contributed by atoms with E-state index >= 15 is 0 Å². The third-order valence-electron chi connectivity index (χ3n) is 5.13. The maximum Gasteiger partial charge on any atom is 0.266 e. The number of aryl methyl sites for hydroxylation is 2. The SMILES string of the molecule is COc1ccc(NC(=O)/C(C#N)=C\c2cc(Cl)ccc2OCC(=O)Nc2ccc(C)c(C)c2)cc1. The van der Waals surface area contributed by atoms with E-state index in [1.54, 1.807) is 49.6 Å². The van der Waals surface area contributed by atoms with Gasteiger partial charge in [0.15, 0.2) is 6.61 Å². The Morgan fingerprint density at radius 3 is 2.34 bits per heavy atom. The fraction of sp³-hybridized carbons (Fsp3) is 0.148. The summed E-state index contributed by atoms with van der Waals surface area (Å²) < 4.78 is 10.8. The predicted molar refractivity (Wildman–Crippen MR) is 137 cm³/mol. The summed E-state index contributed by atoms with van der Waals surface area (Å²) in [6.07, 6.45) is 1.36. The van der Waals surface area contributed by atoms with Crippen molar-refractivity contribution in [3.05, 3.63) is 87.9 Å². The minimum absolute atomic E-state index is 0.160. The molecular formula is C27H24ClN3O4. The minimum Gasteiger partial charge on any atom is -0.497 e. The van der Waals surface area contributed by atoms with Gasteiger partial charge in [0.1, 0.15) is 23.1 Å². The van der Waals surface area contributed by atoms with E-state index in [9.17, 15) is 14.9 Å². The molecule has 3 aromatic carbocycles. The number of ether oxygens (including phenoxy) is 2. The lowest BCUT2D eigenvalue weighted by Crippen LogP contribution is -2.20. The highest BCUT2D eigenvalue weighted by Crippen LogP contribution is 2.26. The second kappa shape index (κ2) is 11.7. The van der Waals surface area contributed by atoms with Gasteiger partial charge in [0.25, 0.3) is 11.8 Å². The zero-order valence-corrected chi connectivity index (χ0v) is 20.3. The molecule has 7 nitrogen and oxygen atoms in total. The van der Waals surface area contributed by atoms with Crippen LogP contribution in [-0.4, -0.2) is 25.5 Å². The van der Waals surface area contributed by atoms with Gasteiger partial charge in [-0.1, -0.05) is 17.7 Å². The molecule has 3 rings (SSSR count). The van der Waals surface area contributed by atoms with Crippen molar-refractivity contribution in [3.63, 3.8) is 0 Å². The third kappa shape index (κ3) is 7.10. The summed E-state index contributed by atoms with van der Waals surface area (Å²) in [5, 5.41) is 15.4. The number of carbonyl (C=O) groups excluding carboxylic acids is 2. The topological polar surface area (TPSA) is 100 Å². The van der Waals surface area contributed by atoms with Crippen molar-refractivity contribution in [3.8, 4) is 17.6 Å². The van der Waals surface area contributed by atoms with E-state index in [4.69, 9.17) is 21.1 Å². The number of amides is 2. The summed E-state index contributed by atoms with van der Waals surface area (Å²) in [4.78, 5) is 25.0. The number of nitrogens with one attached hydrogen (secondary N) is 2. The molecule has 0 aliphatic heterocycles. The molecule has 0 aliphatic carbocycles. The van der Waals surface area contributed by atoms with Gasteiger partial charge >= 0.3 is 0 Å². The molecule has 0 saturated carbocycles. The van der Waals surface area contributed by atoms with E-state index in [1.165, 1.54) is 6.08 Å². The highest BCUT2D eigenvalue weighted by Gasteiger charge is 2.13. The summed E-state index contributed by atoms with van der Waals surface area (Å²) in [5.74, 6) is -0.0112. The number of anilines is 2. The molecule has 35 heavy (non-hydrogen) atoms. The molecule has 0 unspecified atom stereocenters. The smallest absolute Gasteiger partial charge is 0.266 e. The molecule has 0 heterocycles. The van der Waals surface area contributed by atoms with Crippen LogP contribution >= 0.6 is 11.6 Å². The number of carbonyl (C=O) groups is 2. The first-order chi connectivity index (χ1) is 16.8. The standard InChI is InChI=1S/C27H24ClN3O4/c1-17-4-6-23(12-18(17)2)30-26(32)16-35-25-11-5-21(28)14-19(25)13-20(15-29)27(33)31-22-7-9-24(34-3)10-8-22/h4-14H,16H2,1-3H3,(H,30,32)(H,31,33)/b20-13-. The molecule has 0 aromatic heterocycles. The normalized spacial score (nSPS) is 10.8. The minimum atomic E-state index is -0.601. The van der Waals surface area contributed by atoms with Crippen molar-refractivity contribution in [2.45, 2.75) is 13.8 Å². The molecule has 0 fully saturated rings. The number of nitrogens with zero attached hydrogens (tertiary/aromatic N) is 1. The summed E-state index contributed by atoms with van der Waals surface area (Å²) in [5.41, 5.74) is 3.58.